The Morgan fingerprint density at radius 1 is 0.815 bits per heavy atom. The molecule has 4 aromatic rings. The number of hydrogen-bond donors (Lipinski definition) is 0. The van der Waals surface area contributed by atoms with Crippen LogP contribution >= 0.6 is 0 Å². The lowest BCUT2D eigenvalue weighted by atomic mass is 10.0. The van der Waals surface area contributed by atoms with E-state index in [0.29, 0.717) is 6.61 Å². The Morgan fingerprint density at radius 2 is 1.52 bits per heavy atom. The van der Waals surface area contributed by atoms with Gasteiger partial charge in [0.15, 0.2) is 0 Å². The van der Waals surface area contributed by atoms with E-state index in [1.54, 1.807) is 7.11 Å². The highest BCUT2D eigenvalue weighted by atomic mass is 16.5. The molecule has 0 fully saturated rings. The maximum absolute atomic E-state index is 6.03. The van der Waals surface area contributed by atoms with Gasteiger partial charge >= 0.3 is 0 Å². The van der Waals surface area contributed by atoms with Gasteiger partial charge in [-0.2, -0.15) is 0 Å². The van der Waals surface area contributed by atoms with Crippen molar-refractivity contribution >= 4 is 10.9 Å². The number of rotatable bonds is 5. The molecule has 1 heterocycles. The van der Waals surface area contributed by atoms with E-state index in [9.17, 15) is 0 Å². The molecule has 27 heavy (non-hydrogen) atoms. The number of methoxy groups -OCH3 is 1. The lowest BCUT2D eigenvalue weighted by Crippen LogP contribution is -1.99. The zero-order valence-corrected chi connectivity index (χ0v) is 15.5. The Morgan fingerprint density at radius 3 is 2.26 bits per heavy atom. The van der Waals surface area contributed by atoms with Gasteiger partial charge in [-0.3, -0.25) is 0 Å². The Labute approximate surface area is 159 Å². The van der Waals surface area contributed by atoms with E-state index in [-0.39, 0.29) is 0 Å². The second kappa shape index (κ2) is 7.50. The lowest BCUT2D eigenvalue weighted by molar-refractivity contribution is 0.307. The van der Waals surface area contributed by atoms with Gasteiger partial charge in [0.05, 0.1) is 18.3 Å². The topological polar surface area (TPSA) is 31.4 Å². The van der Waals surface area contributed by atoms with Crippen molar-refractivity contribution in [2.75, 3.05) is 7.11 Å². The van der Waals surface area contributed by atoms with Crippen LogP contribution in [0.1, 0.15) is 11.1 Å². The maximum atomic E-state index is 6.03. The average Bonchev–Trinajstić information content (AvgIpc) is 2.73. The van der Waals surface area contributed by atoms with Crippen LogP contribution in [0, 0.1) is 6.92 Å². The number of para-hydroxylation sites is 1. The number of aryl methyl sites for hydroxylation is 1. The zero-order valence-electron chi connectivity index (χ0n) is 15.5. The molecule has 0 unspecified atom stereocenters. The van der Waals surface area contributed by atoms with Gasteiger partial charge in [-0.15, -0.1) is 0 Å². The fourth-order valence-electron chi connectivity index (χ4n) is 3.07. The first-order valence-electron chi connectivity index (χ1n) is 8.95. The summed E-state index contributed by atoms with van der Waals surface area (Å²) in [7, 11) is 1.67. The minimum Gasteiger partial charge on any atom is -0.497 e. The van der Waals surface area contributed by atoms with Gasteiger partial charge in [0.1, 0.15) is 18.1 Å². The van der Waals surface area contributed by atoms with Gasteiger partial charge in [-0.05, 0) is 55.5 Å². The lowest BCUT2D eigenvalue weighted by Gasteiger charge is -2.12. The van der Waals surface area contributed by atoms with Crippen molar-refractivity contribution in [2.45, 2.75) is 13.5 Å². The van der Waals surface area contributed by atoms with E-state index in [1.165, 1.54) is 5.56 Å². The van der Waals surface area contributed by atoms with Gasteiger partial charge in [-0.25, -0.2) is 4.98 Å². The van der Waals surface area contributed by atoms with Gasteiger partial charge < -0.3 is 9.47 Å². The normalized spacial score (nSPS) is 10.7. The number of nitrogens with zero attached hydrogens (tertiary/aromatic N) is 1. The molecule has 0 radical (unpaired) electrons. The van der Waals surface area contributed by atoms with E-state index in [0.717, 1.165) is 39.2 Å². The summed E-state index contributed by atoms with van der Waals surface area (Å²) in [5, 5.41) is 1.11. The van der Waals surface area contributed by atoms with Crippen molar-refractivity contribution in [1.29, 1.82) is 0 Å². The summed E-state index contributed by atoms with van der Waals surface area (Å²) >= 11 is 0. The molecule has 0 bridgehead atoms. The quantitative estimate of drug-likeness (QED) is 0.453. The summed E-state index contributed by atoms with van der Waals surface area (Å²) in [6, 6.07) is 26.4. The van der Waals surface area contributed by atoms with Crippen molar-refractivity contribution in [1.82, 2.24) is 4.98 Å². The van der Waals surface area contributed by atoms with Crippen LogP contribution in [-0.2, 0) is 6.61 Å². The van der Waals surface area contributed by atoms with E-state index < -0.39 is 0 Å². The molecule has 3 heteroatoms. The van der Waals surface area contributed by atoms with Crippen LogP contribution in [0.4, 0.5) is 0 Å². The molecule has 0 saturated heterocycles. The second-order valence-corrected chi connectivity index (χ2v) is 6.51. The van der Waals surface area contributed by atoms with Gasteiger partial charge in [0.2, 0.25) is 0 Å². The predicted molar refractivity (Wildman–Crippen MR) is 109 cm³/mol. The minimum atomic E-state index is 0.495. The third kappa shape index (κ3) is 3.77. The number of fused-ring (bicyclic) bond motifs is 1. The molecule has 1 aromatic heterocycles. The van der Waals surface area contributed by atoms with Crippen molar-refractivity contribution < 1.29 is 9.47 Å². The summed E-state index contributed by atoms with van der Waals surface area (Å²) in [6.45, 7) is 2.57. The molecule has 4 rings (SSSR count). The predicted octanol–water partition coefficient (Wildman–Crippen LogP) is 5.80. The van der Waals surface area contributed by atoms with Crippen LogP contribution in [-0.4, -0.2) is 12.1 Å². The van der Waals surface area contributed by atoms with Gasteiger partial charge in [0, 0.05) is 16.5 Å². The van der Waals surface area contributed by atoms with E-state index in [4.69, 9.17) is 14.5 Å². The molecule has 0 aliphatic heterocycles. The molecule has 0 aliphatic carbocycles. The summed E-state index contributed by atoms with van der Waals surface area (Å²) in [4.78, 5) is 4.83. The first-order valence-corrected chi connectivity index (χ1v) is 8.95. The molecule has 3 nitrogen and oxygen atoms in total. The Hall–Kier alpha value is -3.33. The fourth-order valence-corrected chi connectivity index (χ4v) is 3.07. The molecule has 0 aliphatic rings. The van der Waals surface area contributed by atoms with Gasteiger partial charge in [-0.1, -0.05) is 35.9 Å². The Bertz CT molecular complexity index is 1050. The Balaban J connectivity index is 1.70. The first-order chi connectivity index (χ1) is 13.2. The average molecular weight is 355 g/mol. The van der Waals surface area contributed by atoms with Crippen LogP contribution < -0.4 is 9.47 Å². The van der Waals surface area contributed by atoms with E-state index >= 15 is 0 Å². The molecule has 3 aromatic carbocycles. The molecule has 0 saturated carbocycles. The molecule has 134 valence electrons. The maximum Gasteiger partial charge on any atom is 0.119 e. The van der Waals surface area contributed by atoms with Crippen LogP contribution in [0.2, 0.25) is 0 Å². The monoisotopic (exact) mass is 355 g/mol. The Kier molecular flexibility index (Phi) is 4.75. The van der Waals surface area contributed by atoms with Crippen molar-refractivity contribution in [3.8, 4) is 22.8 Å². The summed E-state index contributed by atoms with van der Waals surface area (Å²) in [5.41, 5.74) is 5.29. The number of pyridine rings is 1. The SMILES string of the molecule is COc1ccc(-c2cc(COc3ccc(C)cc3)c3ccccc3n2)cc1. The first kappa shape index (κ1) is 17.1. The molecular formula is C24H21NO2. The smallest absolute Gasteiger partial charge is 0.119 e. The van der Waals surface area contributed by atoms with Crippen LogP contribution in [0.5, 0.6) is 11.5 Å². The van der Waals surface area contributed by atoms with E-state index in [2.05, 4.69) is 31.2 Å². The number of aromatic nitrogens is 1. The number of benzene rings is 3. The highest BCUT2D eigenvalue weighted by Gasteiger charge is 2.09. The highest BCUT2D eigenvalue weighted by Crippen LogP contribution is 2.27. The number of ether oxygens (including phenoxy) is 2. The summed E-state index contributed by atoms with van der Waals surface area (Å²) in [5.74, 6) is 1.70. The van der Waals surface area contributed by atoms with E-state index in [1.807, 2.05) is 54.6 Å². The molecule has 0 N–H and O–H groups in total. The summed E-state index contributed by atoms with van der Waals surface area (Å²) < 4.78 is 11.3. The second-order valence-electron chi connectivity index (χ2n) is 6.51. The van der Waals surface area contributed by atoms with Crippen LogP contribution in [0.25, 0.3) is 22.2 Å². The van der Waals surface area contributed by atoms with Crippen LogP contribution in [0.3, 0.4) is 0 Å². The molecule has 0 atom stereocenters. The third-order valence-corrected chi connectivity index (χ3v) is 4.60. The molecule has 0 amide bonds. The number of hydrogen-bond acceptors (Lipinski definition) is 3. The molecule has 0 spiro atoms. The van der Waals surface area contributed by atoms with Crippen molar-refractivity contribution in [3.63, 3.8) is 0 Å². The fraction of sp³-hybridized carbons (Fsp3) is 0.125. The van der Waals surface area contributed by atoms with Crippen molar-refractivity contribution in [3.05, 3.63) is 90.0 Å². The zero-order chi connectivity index (χ0) is 18.6. The standard InChI is InChI=1S/C24H21NO2/c1-17-7-11-21(12-8-17)27-16-19-15-24(18-9-13-20(26-2)14-10-18)25-23-6-4-3-5-22(19)23/h3-15H,16H2,1-2H3. The van der Waals surface area contributed by atoms with Crippen LogP contribution in [0.15, 0.2) is 78.9 Å². The van der Waals surface area contributed by atoms with Gasteiger partial charge in [0.25, 0.3) is 0 Å². The van der Waals surface area contributed by atoms with Crippen molar-refractivity contribution in [2.24, 2.45) is 0 Å². The molecular weight excluding hydrogens is 334 g/mol. The largest absolute Gasteiger partial charge is 0.497 e. The summed E-state index contributed by atoms with van der Waals surface area (Å²) in [6.07, 6.45) is 0. The third-order valence-electron chi connectivity index (χ3n) is 4.60. The minimum absolute atomic E-state index is 0.495. The highest BCUT2D eigenvalue weighted by molar-refractivity contribution is 5.85.